The average molecular weight is 247 g/mol. The summed E-state index contributed by atoms with van der Waals surface area (Å²) >= 11 is 0. The highest BCUT2D eigenvalue weighted by molar-refractivity contribution is 5.80. The first kappa shape index (κ1) is 12.9. The number of ether oxygens (including phenoxy) is 1. The Morgan fingerprint density at radius 3 is 2.78 bits per heavy atom. The van der Waals surface area contributed by atoms with E-state index in [2.05, 4.69) is 27.8 Å². The lowest BCUT2D eigenvalue weighted by Gasteiger charge is -2.11. The van der Waals surface area contributed by atoms with E-state index in [4.69, 9.17) is 4.74 Å². The van der Waals surface area contributed by atoms with Gasteiger partial charge in [-0.05, 0) is 18.4 Å². The van der Waals surface area contributed by atoms with E-state index >= 15 is 0 Å². The molecule has 1 aliphatic rings. The van der Waals surface area contributed by atoms with Crippen molar-refractivity contribution in [2.45, 2.75) is 25.4 Å². The zero-order chi connectivity index (χ0) is 12.6. The summed E-state index contributed by atoms with van der Waals surface area (Å²) in [6.07, 6.45) is 2.49. The Morgan fingerprint density at radius 1 is 1.33 bits per heavy atom. The number of hydrogen-bond donors (Lipinski definition) is 2. The van der Waals surface area contributed by atoms with Gasteiger partial charge in [0, 0.05) is 19.7 Å². The van der Waals surface area contributed by atoms with Gasteiger partial charge in [0.25, 0.3) is 0 Å². The molecule has 0 amide bonds. The molecule has 1 aliphatic carbocycles. The molecule has 2 rings (SSSR count). The molecule has 18 heavy (non-hydrogen) atoms. The van der Waals surface area contributed by atoms with Crippen LogP contribution in [0.25, 0.3) is 0 Å². The third-order valence-corrected chi connectivity index (χ3v) is 2.78. The molecule has 1 saturated carbocycles. The minimum atomic E-state index is 0.606. The monoisotopic (exact) mass is 247 g/mol. The summed E-state index contributed by atoms with van der Waals surface area (Å²) in [7, 11) is 1.71. The summed E-state index contributed by atoms with van der Waals surface area (Å²) in [5, 5.41) is 6.68. The van der Waals surface area contributed by atoms with Crippen LogP contribution < -0.4 is 10.6 Å². The van der Waals surface area contributed by atoms with Crippen molar-refractivity contribution in [3.63, 3.8) is 0 Å². The Bertz CT molecular complexity index is 374. The van der Waals surface area contributed by atoms with Gasteiger partial charge < -0.3 is 15.4 Å². The van der Waals surface area contributed by atoms with Crippen LogP contribution in [0.1, 0.15) is 18.4 Å². The van der Waals surface area contributed by atoms with Gasteiger partial charge in [0.05, 0.1) is 13.2 Å². The molecule has 4 heteroatoms. The Labute approximate surface area is 108 Å². The molecule has 0 unspecified atom stereocenters. The maximum absolute atomic E-state index is 5.03. The molecule has 1 fully saturated rings. The van der Waals surface area contributed by atoms with Crippen LogP contribution in [-0.2, 0) is 11.3 Å². The average Bonchev–Trinajstić information content (AvgIpc) is 3.21. The number of guanidine groups is 1. The van der Waals surface area contributed by atoms with Gasteiger partial charge in [-0.15, -0.1) is 0 Å². The van der Waals surface area contributed by atoms with Crippen molar-refractivity contribution in [1.29, 1.82) is 0 Å². The smallest absolute Gasteiger partial charge is 0.191 e. The molecule has 4 nitrogen and oxygen atoms in total. The van der Waals surface area contributed by atoms with Gasteiger partial charge in [0.2, 0.25) is 0 Å². The molecule has 2 N–H and O–H groups in total. The number of benzene rings is 1. The van der Waals surface area contributed by atoms with Crippen molar-refractivity contribution in [2.75, 3.05) is 20.3 Å². The maximum atomic E-state index is 5.03. The predicted molar refractivity (Wildman–Crippen MR) is 73.6 cm³/mol. The van der Waals surface area contributed by atoms with Crippen LogP contribution >= 0.6 is 0 Å². The summed E-state index contributed by atoms with van der Waals surface area (Å²) in [4.78, 5) is 4.58. The largest absolute Gasteiger partial charge is 0.383 e. The van der Waals surface area contributed by atoms with E-state index < -0.39 is 0 Å². The van der Waals surface area contributed by atoms with Gasteiger partial charge >= 0.3 is 0 Å². The molecule has 0 spiro atoms. The van der Waals surface area contributed by atoms with E-state index in [0.29, 0.717) is 19.2 Å². The third-order valence-electron chi connectivity index (χ3n) is 2.78. The molecule has 0 radical (unpaired) electrons. The topological polar surface area (TPSA) is 45.6 Å². The highest BCUT2D eigenvalue weighted by Crippen LogP contribution is 2.18. The highest BCUT2D eigenvalue weighted by atomic mass is 16.5. The van der Waals surface area contributed by atoms with Crippen LogP contribution in [-0.4, -0.2) is 32.3 Å². The number of aliphatic imine (C=N–C) groups is 1. The Hall–Kier alpha value is -1.55. The van der Waals surface area contributed by atoms with Crippen molar-refractivity contribution in [3.05, 3.63) is 35.9 Å². The molecule has 0 aliphatic heterocycles. The van der Waals surface area contributed by atoms with Gasteiger partial charge in [-0.25, -0.2) is 4.99 Å². The Morgan fingerprint density at radius 2 is 2.11 bits per heavy atom. The molecule has 0 aromatic heterocycles. The van der Waals surface area contributed by atoms with E-state index in [9.17, 15) is 0 Å². The molecular formula is C14H21N3O. The van der Waals surface area contributed by atoms with Gasteiger partial charge in [0.1, 0.15) is 0 Å². The zero-order valence-electron chi connectivity index (χ0n) is 10.9. The van der Waals surface area contributed by atoms with Gasteiger partial charge in [0.15, 0.2) is 5.96 Å². The number of nitrogens with zero attached hydrogens (tertiary/aromatic N) is 1. The minimum Gasteiger partial charge on any atom is -0.383 e. The first-order chi connectivity index (χ1) is 8.88. The summed E-state index contributed by atoms with van der Waals surface area (Å²) in [6, 6.07) is 10.9. The lowest BCUT2D eigenvalue weighted by Crippen LogP contribution is -2.40. The third kappa shape index (κ3) is 4.75. The van der Waals surface area contributed by atoms with Crippen LogP contribution in [0.3, 0.4) is 0 Å². The zero-order valence-corrected chi connectivity index (χ0v) is 10.9. The molecule has 0 bridgehead atoms. The predicted octanol–water partition coefficient (Wildman–Crippen LogP) is 1.53. The summed E-state index contributed by atoms with van der Waals surface area (Å²) < 4.78 is 5.03. The van der Waals surface area contributed by atoms with Gasteiger partial charge in [-0.1, -0.05) is 30.3 Å². The Balaban J connectivity index is 1.85. The molecule has 1 aromatic rings. The van der Waals surface area contributed by atoms with E-state index in [-0.39, 0.29) is 0 Å². The first-order valence-corrected chi connectivity index (χ1v) is 6.46. The molecular weight excluding hydrogens is 226 g/mol. The quantitative estimate of drug-likeness (QED) is 0.455. The van der Waals surface area contributed by atoms with E-state index in [1.165, 1.54) is 18.4 Å². The lowest BCUT2D eigenvalue weighted by molar-refractivity contribution is 0.203. The number of rotatable bonds is 6. The van der Waals surface area contributed by atoms with Crippen LogP contribution in [0.2, 0.25) is 0 Å². The fraction of sp³-hybridized carbons (Fsp3) is 0.500. The first-order valence-electron chi connectivity index (χ1n) is 6.46. The summed E-state index contributed by atoms with van der Waals surface area (Å²) in [5.74, 6) is 0.887. The lowest BCUT2D eigenvalue weighted by atomic mass is 10.2. The number of hydrogen-bond acceptors (Lipinski definition) is 2. The maximum Gasteiger partial charge on any atom is 0.191 e. The second kappa shape index (κ2) is 7.01. The normalized spacial score (nSPS) is 15.5. The van der Waals surface area contributed by atoms with E-state index in [1.54, 1.807) is 7.11 Å². The van der Waals surface area contributed by atoms with Crippen LogP contribution in [0.15, 0.2) is 35.3 Å². The second-order valence-electron chi connectivity index (χ2n) is 4.49. The van der Waals surface area contributed by atoms with Crippen molar-refractivity contribution < 1.29 is 4.74 Å². The SMILES string of the molecule is COCCNC(=NCc1ccccc1)NC1CC1. The van der Waals surface area contributed by atoms with Crippen molar-refractivity contribution in [2.24, 2.45) is 4.99 Å². The number of methoxy groups -OCH3 is 1. The van der Waals surface area contributed by atoms with Crippen LogP contribution in [0.4, 0.5) is 0 Å². The molecule has 0 atom stereocenters. The Kier molecular flexibility index (Phi) is 5.02. The minimum absolute atomic E-state index is 0.606. The van der Waals surface area contributed by atoms with Crippen molar-refractivity contribution >= 4 is 5.96 Å². The summed E-state index contributed by atoms with van der Waals surface area (Å²) in [6.45, 7) is 2.18. The second-order valence-corrected chi connectivity index (χ2v) is 4.49. The number of nitrogens with one attached hydrogen (secondary N) is 2. The molecule has 0 heterocycles. The van der Waals surface area contributed by atoms with Gasteiger partial charge in [-0.3, -0.25) is 0 Å². The van der Waals surface area contributed by atoms with E-state index in [0.717, 1.165) is 12.5 Å². The standard InChI is InChI=1S/C14H21N3O/c1-18-10-9-15-14(17-13-7-8-13)16-11-12-5-3-2-4-6-12/h2-6,13H,7-11H2,1H3,(H2,15,16,17). The van der Waals surface area contributed by atoms with Crippen LogP contribution in [0.5, 0.6) is 0 Å². The molecule has 0 saturated heterocycles. The molecule has 1 aromatic carbocycles. The van der Waals surface area contributed by atoms with Gasteiger partial charge in [-0.2, -0.15) is 0 Å². The van der Waals surface area contributed by atoms with Crippen LogP contribution in [0, 0.1) is 0 Å². The van der Waals surface area contributed by atoms with Crippen molar-refractivity contribution in [3.8, 4) is 0 Å². The highest BCUT2D eigenvalue weighted by Gasteiger charge is 2.22. The fourth-order valence-corrected chi connectivity index (χ4v) is 1.60. The van der Waals surface area contributed by atoms with E-state index in [1.807, 2.05) is 18.2 Å². The fourth-order valence-electron chi connectivity index (χ4n) is 1.60. The van der Waals surface area contributed by atoms with Crippen molar-refractivity contribution in [1.82, 2.24) is 10.6 Å². The molecule has 98 valence electrons. The summed E-state index contributed by atoms with van der Waals surface area (Å²) in [5.41, 5.74) is 1.22.